The van der Waals surface area contributed by atoms with Crippen molar-refractivity contribution in [2.75, 3.05) is 0 Å². The molecule has 0 aromatic heterocycles. The van der Waals surface area contributed by atoms with Gasteiger partial charge >= 0.3 is 77.2 Å². The van der Waals surface area contributed by atoms with Gasteiger partial charge in [-0.2, -0.15) is 0 Å². The Labute approximate surface area is 77.4 Å². The quantitative estimate of drug-likeness (QED) is 0.495. The maximum absolute atomic E-state index is 2.40. The van der Waals surface area contributed by atoms with Gasteiger partial charge in [0.15, 0.2) is 0 Å². The zero-order chi connectivity index (χ0) is 7.97. The summed E-state index contributed by atoms with van der Waals surface area (Å²) < 4.78 is 1.59. The molecule has 1 aliphatic heterocycles. The van der Waals surface area contributed by atoms with Crippen LogP contribution in [0.3, 0.4) is 0 Å². The van der Waals surface area contributed by atoms with Crippen LogP contribution in [0.2, 0.25) is 0 Å². The third-order valence-electron chi connectivity index (χ3n) is 2.28. The van der Waals surface area contributed by atoms with Crippen LogP contribution in [0.25, 0.3) is 10.8 Å². The summed E-state index contributed by atoms with van der Waals surface area (Å²) in [6.07, 6.45) is 0. The van der Waals surface area contributed by atoms with E-state index in [0.717, 1.165) is 0 Å². The second-order valence-electron chi connectivity index (χ2n) is 2.98. The first kappa shape index (κ1) is 6.62. The summed E-state index contributed by atoms with van der Waals surface area (Å²) in [5.41, 5.74) is 1.49. The van der Waals surface area contributed by atoms with E-state index < -0.39 is 0 Å². The van der Waals surface area contributed by atoms with E-state index in [1.165, 1.54) is 16.3 Å². The Morgan fingerprint density at radius 3 is 2.67 bits per heavy atom. The molecule has 1 heteroatoms. The molecule has 3 rings (SSSR count). The second kappa shape index (κ2) is 2.31. The second-order valence-corrected chi connectivity index (χ2v) is 5.07. The molecular weight excluding hydrogens is 207 g/mol. The molecule has 0 saturated heterocycles. The fourth-order valence-corrected chi connectivity index (χ4v) is 3.34. The number of benzene rings is 2. The molecule has 2 aromatic rings. The van der Waals surface area contributed by atoms with Crippen molar-refractivity contribution >= 4 is 35.2 Å². The van der Waals surface area contributed by atoms with Crippen LogP contribution >= 0.6 is 0 Å². The van der Waals surface area contributed by atoms with Crippen molar-refractivity contribution in [1.82, 2.24) is 0 Å². The first-order chi connectivity index (χ1) is 5.95. The standard InChI is InChI=1S/C11H7As/c1-2-4-9-8(3-1)5-6-11-10(9)7-12-11/h1-7H. The Morgan fingerprint density at radius 2 is 1.83 bits per heavy atom. The Morgan fingerprint density at radius 1 is 0.917 bits per heavy atom. The molecule has 0 aliphatic carbocycles. The topological polar surface area (TPSA) is 0 Å². The van der Waals surface area contributed by atoms with Gasteiger partial charge in [-0.3, -0.25) is 0 Å². The van der Waals surface area contributed by atoms with Gasteiger partial charge in [-0.1, -0.05) is 0 Å². The summed E-state index contributed by atoms with van der Waals surface area (Å²) in [6.45, 7) is 0. The normalized spacial score (nSPS) is 14.0. The molecule has 0 bridgehead atoms. The SMILES string of the molecule is C1=[As]c2ccc3ccccc3c21. The first-order valence-electron chi connectivity index (χ1n) is 4.01. The number of hydrogen-bond donors (Lipinski definition) is 0. The summed E-state index contributed by atoms with van der Waals surface area (Å²) in [5, 5.41) is 2.80. The van der Waals surface area contributed by atoms with Crippen LogP contribution in [0.5, 0.6) is 0 Å². The van der Waals surface area contributed by atoms with E-state index in [2.05, 4.69) is 41.2 Å². The van der Waals surface area contributed by atoms with Crippen LogP contribution in [0.15, 0.2) is 36.4 Å². The molecule has 0 saturated carbocycles. The van der Waals surface area contributed by atoms with Crippen molar-refractivity contribution in [2.24, 2.45) is 0 Å². The van der Waals surface area contributed by atoms with Gasteiger partial charge in [0.05, 0.1) is 0 Å². The van der Waals surface area contributed by atoms with Crippen molar-refractivity contribution in [1.29, 1.82) is 0 Å². The minimum atomic E-state index is 0.402. The zero-order valence-corrected chi connectivity index (χ0v) is 8.37. The van der Waals surface area contributed by atoms with Crippen LogP contribution in [0.4, 0.5) is 0 Å². The predicted octanol–water partition coefficient (Wildman–Crippen LogP) is 1.33. The summed E-state index contributed by atoms with van der Waals surface area (Å²) in [4.78, 5) is 2.40. The first-order valence-corrected chi connectivity index (χ1v) is 6.03. The third-order valence-corrected chi connectivity index (χ3v) is 4.49. The fourth-order valence-electron chi connectivity index (χ4n) is 1.60. The molecule has 0 unspecified atom stereocenters. The molecule has 0 fully saturated rings. The molecule has 0 amide bonds. The molecule has 12 heavy (non-hydrogen) atoms. The van der Waals surface area contributed by atoms with Crippen molar-refractivity contribution < 1.29 is 0 Å². The Bertz CT molecular complexity index is 483. The van der Waals surface area contributed by atoms with Gasteiger partial charge in [0.1, 0.15) is 0 Å². The maximum atomic E-state index is 2.40. The van der Waals surface area contributed by atoms with E-state index in [9.17, 15) is 0 Å². The number of rotatable bonds is 0. The molecule has 1 aliphatic rings. The third kappa shape index (κ3) is 0.762. The summed E-state index contributed by atoms with van der Waals surface area (Å²) in [6, 6.07) is 13.1. The van der Waals surface area contributed by atoms with Crippen LogP contribution in [0.1, 0.15) is 5.56 Å². The van der Waals surface area contributed by atoms with E-state index >= 15 is 0 Å². The van der Waals surface area contributed by atoms with Crippen molar-refractivity contribution in [3.05, 3.63) is 42.0 Å². The fraction of sp³-hybridized carbons (Fsp3) is 0. The molecule has 56 valence electrons. The Balaban J connectivity index is 2.53. The van der Waals surface area contributed by atoms with Crippen LogP contribution in [-0.4, -0.2) is 20.1 Å². The molecule has 1 heterocycles. The van der Waals surface area contributed by atoms with E-state index in [-0.39, 0.29) is 0 Å². The van der Waals surface area contributed by atoms with E-state index in [1.807, 2.05) is 0 Å². The van der Waals surface area contributed by atoms with Gasteiger partial charge in [0, 0.05) is 0 Å². The number of hydrogen-bond acceptors (Lipinski definition) is 0. The van der Waals surface area contributed by atoms with Crippen molar-refractivity contribution in [3.8, 4) is 0 Å². The van der Waals surface area contributed by atoms with Crippen LogP contribution in [0, 0.1) is 0 Å². The minimum absolute atomic E-state index is 0.402. The summed E-state index contributed by atoms with van der Waals surface area (Å²) in [7, 11) is 0. The van der Waals surface area contributed by atoms with E-state index in [4.69, 9.17) is 0 Å². The molecule has 2 aromatic carbocycles. The summed E-state index contributed by atoms with van der Waals surface area (Å²) >= 11 is 0.402. The average Bonchev–Trinajstić information content (AvgIpc) is 2.05. The van der Waals surface area contributed by atoms with Gasteiger partial charge in [-0.05, 0) is 0 Å². The Kier molecular flexibility index (Phi) is 1.27. The van der Waals surface area contributed by atoms with Gasteiger partial charge in [0.25, 0.3) is 0 Å². The van der Waals surface area contributed by atoms with Gasteiger partial charge in [0.2, 0.25) is 0 Å². The molecular formula is C11H7As. The monoisotopic (exact) mass is 214 g/mol. The Hall–Kier alpha value is -0.872. The molecule has 0 spiro atoms. The average molecular weight is 214 g/mol. The molecule has 0 atom stereocenters. The van der Waals surface area contributed by atoms with Crippen molar-refractivity contribution in [3.63, 3.8) is 0 Å². The van der Waals surface area contributed by atoms with Gasteiger partial charge < -0.3 is 0 Å². The van der Waals surface area contributed by atoms with E-state index in [1.54, 1.807) is 4.35 Å². The molecule has 0 N–H and O–H groups in total. The number of fused-ring (bicyclic) bond motifs is 3. The van der Waals surface area contributed by atoms with E-state index in [0.29, 0.717) is 15.3 Å². The zero-order valence-electron chi connectivity index (χ0n) is 6.49. The van der Waals surface area contributed by atoms with Gasteiger partial charge in [-0.25, -0.2) is 0 Å². The predicted molar refractivity (Wildman–Crippen MR) is 54.5 cm³/mol. The molecule has 0 radical (unpaired) electrons. The van der Waals surface area contributed by atoms with Crippen LogP contribution < -0.4 is 4.35 Å². The van der Waals surface area contributed by atoms with Crippen molar-refractivity contribution in [2.45, 2.75) is 0 Å². The molecule has 0 nitrogen and oxygen atoms in total. The van der Waals surface area contributed by atoms with Crippen LogP contribution in [-0.2, 0) is 0 Å². The van der Waals surface area contributed by atoms with Gasteiger partial charge in [-0.15, -0.1) is 0 Å². The summed E-state index contributed by atoms with van der Waals surface area (Å²) in [5.74, 6) is 0.